The van der Waals surface area contributed by atoms with Crippen molar-refractivity contribution in [3.63, 3.8) is 0 Å². The maximum absolute atomic E-state index is 14.0. The van der Waals surface area contributed by atoms with Gasteiger partial charge < -0.3 is 4.57 Å². The van der Waals surface area contributed by atoms with E-state index in [-0.39, 0.29) is 11.3 Å². The summed E-state index contributed by atoms with van der Waals surface area (Å²) >= 11 is 0. The zero-order valence-electron chi connectivity index (χ0n) is 16.9. The van der Waals surface area contributed by atoms with Crippen molar-refractivity contribution >= 4 is 30.5 Å². The minimum Gasteiger partial charge on any atom is -0.318 e. The summed E-state index contributed by atoms with van der Waals surface area (Å²) in [6.07, 6.45) is 3.58. The summed E-state index contributed by atoms with van der Waals surface area (Å²) in [5, 5.41) is 3.02. The van der Waals surface area contributed by atoms with E-state index in [1.54, 1.807) is 0 Å². The van der Waals surface area contributed by atoms with E-state index in [4.69, 9.17) is 0 Å². The Bertz CT molecular complexity index is 934. The molecule has 1 heterocycles. The van der Waals surface area contributed by atoms with Crippen LogP contribution in [-0.2, 0) is 4.57 Å². The normalized spacial score (nSPS) is 23.0. The van der Waals surface area contributed by atoms with Crippen LogP contribution in [0.15, 0.2) is 91.0 Å². The van der Waals surface area contributed by atoms with Gasteiger partial charge in [-0.05, 0) is 50.5 Å². The lowest BCUT2D eigenvalue weighted by Crippen LogP contribution is -2.32. The van der Waals surface area contributed by atoms with E-state index < -0.39 is 14.6 Å². The Morgan fingerprint density at radius 1 is 0.897 bits per heavy atom. The van der Waals surface area contributed by atoms with Gasteiger partial charge >= 0.3 is 0 Å². The van der Waals surface area contributed by atoms with Gasteiger partial charge in [0.2, 0.25) is 7.49 Å². The topological polar surface area (TPSA) is 37.3 Å². The third kappa shape index (κ3) is 3.87. The van der Waals surface area contributed by atoms with Crippen LogP contribution < -0.4 is 15.9 Å². The van der Waals surface area contributed by atoms with Crippen molar-refractivity contribution in [2.24, 2.45) is 0 Å². The van der Waals surface area contributed by atoms with Crippen LogP contribution in [-0.4, -0.2) is 22.4 Å². The zero-order chi connectivity index (χ0) is 20.3. The molecule has 2 nitrogen and oxygen atoms in total. The zero-order valence-corrected chi connectivity index (χ0v) is 18.7. The summed E-state index contributed by atoms with van der Waals surface area (Å²) in [5.41, 5.74) is 0.200. The molecule has 1 fully saturated rings. The van der Waals surface area contributed by atoms with Crippen molar-refractivity contribution in [2.45, 2.75) is 37.5 Å². The number of rotatable bonds is 6. The second-order valence-electron chi connectivity index (χ2n) is 8.09. The van der Waals surface area contributed by atoms with Gasteiger partial charge in [-0.1, -0.05) is 66.7 Å². The lowest BCUT2D eigenvalue weighted by atomic mass is 10.2. The number of benzene rings is 3. The molecule has 0 unspecified atom stereocenters. The highest BCUT2D eigenvalue weighted by Gasteiger charge is 2.50. The van der Waals surface area contributed by atoms with Gasteiger partial charge in [-0.2, -0.15) is 0 Å². The van der Waals surface area contributed by atoms with Crippen LogP contribution in [0.2, 0.25) is 0 Å². The molecule has 3 atom stereocenters. The lowest BCUT2D eigenvalue weighted by Gasteiger charge is -2.30. The van der Waals surface area contributed by atoms with E-state index in [1.165, 1.54) is 0 Å². The fourth-order valence-electron chi connectivity index (χ4n) is 4.78. The molecule has 1 aliphatic rings. The van der Waals surface area contributed by atoms with E-state index in [0.29, 0.717) is 0 Å². The molecule has 0 amide bonds. The summed E-state index contributed by atoms with van der Waals surface area (Å²) in [6.45, 7) is 2.15. The van der Waals surface area contributed by atoms with Gasteiger partial charge in [0.15, 0.2) is 0 Å². The van der Waals surface area contributed by atoms with Crippen molar-refractivity contribution in [1.82, 2.24) is 0 Å². The Morgan fingerprint density at radius 3 is 1.90 bits per heavy atom. The largest absolute Gasteiger partial charge is 0.318 e. The van der Waals surface area contributed by atoms with E-state index in [9.17, 15) is 9.46 Å². The van der Waals surface area contributed by atoms with Crippen molar-refractivity contribution in [3.8, 4) is 0 Å². The molecule has 0 spiro atoms. The summed E-state index contributed by atoms with van der Waals surface area (Å²) in [5.74, 6) is 0. The molecule has 1 N–H and O–H groups in total. The predicted molar refractivity (Wildman–Crippen MR) is 127 cm³/mol. The van der Waals surface area contributed by atoms with Crippen molar-refractivity contribution in [1.29, 1.82) is 0 Å². The fourth-order valence-corrected chi connectivity index (χ4v) is 11.7. The second kappa shape index (κ2) is 8.57. The Hall–Kier alpha value is -1.72. The first-order valence-electron chi connectivity index (χ1n) is 10.4. The molecule has 0 saturated carbocycles. The van der Waals surface area contributed by atoms with Crippen LogP contribution in [0.4, 0.5) is 0 Å². The Morgan fingerprint density at radius 2 is 1.38 bits per heavy atom. The van der Waals surface area contributed by atoms with E-state index in [1.807, 2.05) is 91.0 Å². The molecule has 1 aliphatic heterocycles. The molecule has 29 heavy (non-hydrogen) atoms. The summed E-state index contributed by atoms with van der Waals surface area (Å²) in [4.78, 5) is 12.1. The fraction of sp³-hybridized carbons (Fsp3) is 0.280. The summed E-state index contributed by atoms with van der Waals surface area (Å²) in [7, 11) is -5.02. The Labute approximate surface area is 174 Å². The highest BCUT2D eigenvalue weighted by atomic mass is 31.2. The van der Waals surface area contributed by atoms with Gasteiger partial charge in [-0.15, -0.1) is 0 Å². The second-order valence-corrected chi connectivity index (χ2v) is 14.7. The van der Waals surface area contributed by atoms with Gasteiger partial charge in [0.1, 0.15) is 23.4 Å². The molecule has 0 bridgehead atoms. The van der Waals surface area contributed by atoms with Gasteiger partial charge in [0.25, 0.3) is 0 Å². The van der Waals surface area contributed by atoms with E-state index in [2.05, 4.69) is 6.92 Å². The van der Waals surface area contributed by atoms with Crippen molar-refractivity contribution in [2.75, 3.05) is 6.16 Å². The Kier molecular flexibility index (Phi) is 6.07. The van der Waals surface area contributed by atoms with Gasteiger partial charge in [-0.25, -0.2) is 4.89 Å². The van der Waals surface area contributed by atoms with Crippen LogP contribution in [0.1, 0.15) is 26.2 Å². The summed E-state index contributed by atoms with van der Waals surface area (Å²) in [6, 6.07) is 30.2. The first-order chi connectivity index (χ1) is 14.0. The van der Waals surface area contributed by atoms with Gasteiger partial charge in [0, 0.05) is 17.1 Å². The lowest BCUT2D eigenvalue weighted by molar-refractivity contribution is 0.562. The van der Waals surface area contributed by atoms with E-state index >= 15 is 0 Å². The molecular weight excluding hydrogens is 394 g/mol. The van der Waals surface area contributed by atoms with E-state index in [0.717, 1.165) is 41.3 Å². The molecule has 1 saturated heterocycles. The van der Waals surface area contributed by atoms with Crippen LogP contribution in [0.5, 0.6) is 0 Å². The average Bonchev–Trinajstić information content (AvgIpc) is 3.16. The summed E-state index contributed by atoms with van der Waals surface area (Å²) < 4.78 is 14.0. The minimum atomic E-state index is -2.59. The first kappa shape index (κ1) is 20.5. The molecule has 0 aromatic heterocycles. The maximum Gasteiger partial charge on any atom is 0.209 e. The van der Waals surface area contributed by atoms with Gasteiger partial charge in [-0.3, -0.25) is 0 Å². The molecule has 0 radical (unpaired) electrons. The SMILES string of the molecule is C[C@H](C[C@H]1CCC[P@@]1(=O)c1ccccc1)[P+](O)(c1ccccc1)c1ccccc1. The molecule has 3 aromatic rings. The standard InChI is InChI=1S/C25H29O2P2/c1-21(20-25-18-11-19-28(25,26)22-12-5-2-6-13-22)29(27,23-14-7-3-8-15-23)24-16-9-4-10-17-24/h2-10,12-17,21,25,27H,11,18-20H2,1H3/q+1/t21-,25-,28-/m1/s1. The molecule has 4 rings (SSSR count). The van der Waals surface area contributed by atoms with Crippen LogP contribution in [0.25, 0.3) is 0 Å². The van der Waals surface area contributed by atoms with Crippen LogP contribution in [0, 0.1) is 0 Å². The third-order valence-corrected chi connectivity index (χ3v) is 13.8. The Balaban J connectivity index is 1.69. The van der Waals surface area contributed by atoms with Crippen molar-refractivity contribution < 1.29 is 9.46 Å². The predicted octanol–water partition coefficient (Wildman–Crippen LogP) is 5.19. The minimum absolute atomic E-state index is 0.0486. The molecule has 3 aromatic carbocycles. The highest BCUT2D eigenvalue weighted by molar-refractivity contribution is 7.85. The quantitative estimate of drug-likeness (QED) is 0.554. The monoisotopic (exact) mass is 423 g/mol. The molecule has 150 valence electrons. The van der Waals surface area contributed by atoms with Gasteiger partial charge in [0.05, 0.1) is 0 Å². The van der Waals surface area contributed by atoms with Crippen LogP contribution >= 0.6 is 14.6 Å². The highest BCUT2D eigenvalue weighted by Crippen LogP contribution is 2.64. The van der Waals surface area contributed by atoms with Crippen LogP contribution in [0.3, 0.4) is 0 Å². The third-order valence-electron chi connectivity index (χ3n) is 6.36. The average molecular weight is 423 g/mol. The maximum atomic E-state index is 14.0. The van der Waals surface area contributed by atoms with Crippen molar-refractivity contribution in [3.05, 3.63) is 91.0 Å². The number of hydrogen-bond donors (Lipinski definition) is 1. The smallest absolute Gasteiger partial charge is 0.209 e. The first-order valence-corrected chi connectivity index (χ1v) is 14.2. The molecule has 4 heteroatoms. The molecular formula is C25H29O2P2+. The number of hydrogen-bond acceptors (Lipinski definition) is 2. The molecule has 0 aliphatic carbocycles.